The van der Waals surface area contributed by atoms with E-state index in [1.54, 1.807) is 13.0 Å². The van der Waals surface area contributed by atoms with Crippen molar-refractivity contribution in [3.63, 3.8) is 0 Å². The van der Waals surface area contributed by atoms with Gasteiger partial charge >= 0.3 is 0 Å². The Kier molecular flexibility index (Phi) is 5.83. The minimum atomic E-state index is -0.656. The van der Waals surface area contributed by atoms with Gasteiger partial charge in [-0.1, -0.05) is 36.1 Å². The largest absolute Gasteiger partial charge is 0.247 e. The number of halogens is 3. The van der Waals surface area contributed by atoms with Crippen molar-refractivity contribution in [1.82, 2.24) is 0 Å². The standard InChI is InChI=1S/C23H21F3/c1-2-3-21-22(25)14-17(15-23(21)26)5-4-16-6-8-18(9-7-16)19-10-12-20(24)13-11-19/h2-3,6-9,14-15,19-20H,10-13H2,1H3/b3-2+. The highest BCUT2D eigenvalue weighted by atomic mass is 19.1. The van der Waals surface area contributed by atoms with Crippen LogP contribution in [-0.4, -0.2) is 6.17 Å². The van der Waals surface area contributed by atoms with Crippen molar-refractivity contribution in [2.24, 2.45) is 0 Å². The molecule has 0 radical (unpaired) electrons. The van der Waals surface area contributed by atoms with E-state index in [9.17, 15) is 13.2 Å². The van der Waals surface area contributed by atoms with Gasteiger partial charge < -0.3 is 0 Å². The highest BCUT2D eigenvalue weighted by molar-refractivity contribution is 5.54. The van der Waals surface area contributed by atoms with Crippen molar-refractivity contribution in [3.05, 3.63) is 76.4 Å². The maximum atomic E-state index is 13.9. The van der Waals surface area contributed by atoms with Gasteiger partial charge in [0.15, 0.2) is 0 Å². The molecule has 1 fully saturated rings. The maximum Gasteiger partial charge on any atom is 0.134 e. The van der Waals surface area contributed by atoms with Crippen LogP contribution in [0, 0.1) is 23.5 Å². The van der Waals surface area contributed by atoms with E-state index in [-0.39, 0.29) is 5.56 Å². The highest BCUT2D eigenvalue weighted by Crippen LogP contribution is 2.34. The zero-order valence-electron chi connectivity index (χ0n) is 14.7. The zero-order valence-corrected chi connectivity index (χ0v) is 14.7. The molecule has 3 rings (SSSR count). The topological polar surface area (TPSA) is 0 Å². The Bertz CT molecular complexity index is 822. The van der Waals surface area contributed by atoms with Gasteiger partial charge in [-0.15, -0.1) is 0 Å². The van der Waals surface area contributed by atoms with Gasteiger partial charge in [0.25, 0.3) is 0 Å². The summed E-state index contributed by atoms with van der Waals surface area (Å²) < 4.78 is 41.1. The molecule has 0 nitrogen and oxygen atoms in total. The third kappa shape index (κ3) is 4.38. The molecule has 0 N–H and O–H groups in total. The van der Waals surface area contributed by atoms with Crippen LogP contribution < -0.4 is 0 Å². The van der Waals surface area contributed by atoms with Gasteiger partial charge in [0.05, 0.1) is 0 Å². The first kappa shape index (κ1) is 18.3. The summed E-state index contributed by atoms with van der Waals surface area (Å²) in [5, 5.41) is 0. The minimum absolute atomic E-state index is 0.0506. The van der Waals surface area contributed by atoms with E-state index in [4.69, 9.17) is 0 Å². The fraction of sp³-hybridized carbons (Fsp3) is 0.304. The van der Waals surface area contributed by atoms with Gasteiger partial charge in [-0.3, -0.25) is 0 Å². The first-order valence-corrected chi connectivity index (χ1v) is 8.94. The molecule has 0 saturated heterocycles. The van der Waals surface area contributed by atoms with Crippen molar-refractivity contribution >= 4 is 6.08 Å². The van der Waals surface area contributed by atoms with Gasteiger partial charge in [0.2, 0.25) is 0 Å². The second-order valence-corrected chi connectivity index (χ2v) is 6.67. The third-order valence-corrected chi connectivity index (χ3v) is 4.80. The van der Waals surface area contributed by atoms with Crippen molar-refractivity contribution in [2.45, 2.75) is 44.7 Å². The quantitative estimate of drug-likeness (QED) is 0.548. The van der Waals surface area contributed by atoms with Crippen LogP contribution in [0.3, 0.4) is 0 Å². The van der Waals surface area contributed by atoms with Crippen molar-refractivity contribution < 1.29 is 13.2 Å². The van der Waals surface area contributed by atoms with Gasteiger partial charge in [-0.05, 0) is 68.4 Å². The monoisotopic (exact) mass is 354 g/mol. The number of hydrogen-bond acceptors (Lipinski definition) is 0. The summed E-state index contributed by atoms with van der Waals surface area (Å²) in [6.45, 7) is 1.71. The third-order valence-electron chi connectivity index (χ3n) is 4.80. The van der Waals surface area contributed by atoms with Crippen LogP contribution in [0.15, 0.2) is 42.5 Å². The molecule has 0 heterocycles. The second kappa shape index (κ2) is 8.27. The Morgan fingerprint density at radius 3 is 2.04 bits per heavy atom. The molecular weight excluding hydrogens is 333 g/mol. The molecule has 3 heteroatoms. The molecule has 26 heavy (non-hydrogen) atoms. The molecule has 0 spiro atoms. The predicted octanol–water partition coefficient (Wildman–Crippen LogP) is 6.39. The minimum Gasteiger partial charge on any atom is -0.247 e. The van der Waals surface area contributed by atoms with Gasteiger partial charge in [-0.2, -0.15) is 0 Å². The zero-order chi connectivity index (χ0) is 18.5. The van der Waals surface area contributed by atoms with E-state index < -0.39 is 17.8 Å². The van der Waals surface area contributed by atoms with Crippen LogP contribution in [0.2, 0.25) is 0 Å². The van der Waals surface area contributed by atoms with Gasteiger partial charge in [0, 0.05) is 16.7 Å². The number of hydrogen-bond donors (Lipinski definition) is 0. The number of rotatable bonds is 2. The summed E-state index contributed by atoms with van der Waals surface area (Å²) in [5.74, 6) is 4.93. The molecule has 1 saturated carbocycles. The Hall–Kier alpha value is -2.47. The molecule has 1 aliphatic carbocycles. The van der Waals surface area contributed by atoms with E-state index in [0.717, 1.165) is 18.4 Å². The van der Waals surface area contributed by atoms with Crippen molar-refractivity contribution in [3.8, 4) is 11.8 Å². The lowest BCUT2D eigenvalue weighted by Gasteiger charge is -2.24. The summed E-state index contributed by atoms with van der Waals surface area (Å²) in [6, 6.07) is 10.3. The highest BCUT2D eigenvalue weighted by Gasteiger charge is 2.21. The Balaban J connectivity index is 1.74. The lowest BCUT2D eigenvalue weighted by Crippen LogP contribution is -2.13. The molecule has 0 amide bonds. The summed E-state index contributed by atoms with van der Waals surface area (Å²) in [5.41, 5.74) is 2.24. The van der Waals surface area contributed by atoms with E-state index in [2.05, 4.69) is 11.8 Å². The van der Waals surface area contributed by atoms with Crippen molar-refractivity contribution in [1.29, 1.82) is 0 Å². The molecule has 0 aliphatic heterocycles. The van der Waals surface area contributed by atoms with Gasteiger partial charge in [0.1, 0.15) is 17.8 Å². The molecule has 2 aromatic rings. The second-order valence-electron chi connectivity index (χ2n) is 6.67. The molecular formula is C23H21F3. The number of alkyl halides is 1. The van der Waals surface area contributed by atoms with Crippen LogP contribution in [0.25, 0.3) is 6.08 Å². The maximum absolute atomic E-state index is 13.9. The normalized spacial score (nSPS) is 20.0. The molecule has 0 unspecified atom stereocenters. The van der Waals surface area contributed by atoms with E-state index in [1.807, 2.05) is 24.3 Å². The lowest BCUT2D eigenvalue weighted by molar-refractivity contribution is 0.235. The molecule has 0 bridgehead atoms. The molecule has 0 atom stereocenters. The Morgan fingerprint density at radius 1 is 0.885 bits per heavy atom. The summed E-state index contributed by atoms with van der Waals surface area (Å²) in [7, 11) is 0. The smallest absolute Gasteiger partial charge is 0.134 e. The van der Waals surface area contributed by atoms with E-state index >= 15 is 0 Å². The summed E-state index contributed by atoms with van der Waals surface area (Å²) in [6.07, 6.45) is 5.35. The van der Waals surface area contributed by atoms with E-state index in [1.165, 1.54) is 23.8 Å². The lowest BCUT2D eigenvalue weighted by atomic mass is 9.83. The summed E-state index contributed by atoms with van der Waals surface area (Å²) in [4.78, 5) is 0. The first-order chi connectivity index (χ1) is 12.6. The average Bonchev–Trinajstić information content (AvgIpc) is 2.64. The fourth-order valence-corrected chi connectivity index (χ4v) is 3.35. The van der Waals surface area contributed by atoms with Crippen LogP contribution in [-0.2, 0) is 0 Å². The average molecular weight is 354 g/mol. The predicted molar refractivity (Wildman–Crippen MR) is 99.6 cm³/mol. The molecule has 2 aromatic carbocycles. The molecule has 134 valence electrons. The van der Waals surface area contributed by atoms with Crippen LogP contribution in [0.5, 0.6) is 0 Å². The van der Waals surface area contributed by atoms with Crippen LogP contribution in [0.4, 0.5) is 13.2 Å². The number of allylic oxidation sites excluding steroid dienone is 1. The number of benzene rings is 2. The first-order valence-electron chi connectivity index (χ1n) is 8.94. The van der Waals surface area contributed by atoms with Gasteiger partial charge in [-0.25, -0.2) is 13.2 Å². The Labute approximate surface area is 152 Å². The Morgan fingerprint density at radius 2 is 1.46 bits per heavy atom. The fourth-order valence-electron chi connectivity index (χ4n) is 3.35. The molecule has 1 aliphatic rings. The molecule has 0 aromatic heterocycles. The van der Waals surface area contributed by atoms with Crippen LogP contribution >= 0.6 is 0 Å². The summed E-state index contributed by atoms with van der Waals surface area (Å²) >= 11 is 0. The SMILES string of the molecule is C/C=C/c1c(F)cc(C#Cc2ccc(C3CCC(F)CC3)cc2)cc1F. The van der Waals surface area contributed by atoms with Crippen LogP contribution in [0.1, 0.15) is 60.8 Å². The van der Waals surface area contributed by atoms with E-state index in [0.29, 0.717) is 24.3 Å². The van der Waals surface area contributed by atoms with Crippen molar-refractivity contribution in [2.75, 3.05) is 0 Å².